The summed E-state index contributed by atoms with van der Waals surface area (Å²) in [7, 11) is 0. The first-order valence-corrected chi connectivity index (χ1v) is 14.9. The summed E-state index contributed by atoms with van der Waals surface area (Å²) in [5.41, 5.74) is 7.23. The molecule has 1 aliphatic heterocycles. The molecular weight excluding hydrogens is 507 g/mol. The van der Waals surface area contributed by atoms with Crippen molar-refractivity contribution in [3.63, 3.8) is 0 Å². The first kappa shape index (κ1) is 32.9. The molecule has 0 aliphatic carbocycles. The fraction of sp³-hybridized carbons (Fsp3) is 0.559. The van der Waals surface area contributed by atoms with Crippen LogP contribution in [0.4, 0.5) is 10.1 Å². The number of nitrogens with zero attached hydrogens (tertiary/aromatic N) is 2. The molecule has 2 rings (SSSR count). The van der Waals surface area contributed by atoms with Crippen LogP contribution in [-0.2, 0) is 10.2 Å². The Kier molecular flexibility index (Phi) is 12.5. The zero-order valence-electron chi connectivity index (χ0n) is 25.8. The van der Waals surface area contributed by atoms with Crippen LogP contribution in [0.2, 0.25) is 0 Å². The lowest BCUT2D eigenvalue weighted by atomic mass is 9.72. The van der Waals surface area contributed by atoms with E-state index in [9.17, 15) is 9.18 Å². The average molecular weight is 557 g/mol. The summed E-state index contributed by atoms with van der Waals surface area (Å²) in [6.45, 7) is 19.8. The summed E-state index contributed by atoms with van der Waals surface area (Å²) in [5.74, 6) is 0.636. The fourth-order valence-corrected chi connectivity index (χ4v) is 5.53. The van der Waals surface area contributed by atoms with Crippen molar-refractivity contribution in [1.29, 1.82) is 0 Å². The van der Waals surface area contributed by atoms with Crippen molar-refractivity contribution in [2.75, 3.05) is 24.7 Å². The Morgan fingerprint density at radius 3 is 2.26 bits per heavy atom. The maximum absolute atomic E-state index is 14.4. The minimum atomic E-state index is -0.509. The molecule has 1 aromatic rings. The Labute approximate surface area is 242 Å². The topological polar surface area (TPSA) is 23.6 Å². The number of rotatable bonds is 14. The monoisotopic (exact) mass is 556 g/mol. The smallest absolute Gasteiger partial charge is 0.238 e. The molecular formula is C34H50ClFN2O. The number of hydrogen-bond acceptors (Lipinski definition) is 2. The zero-order valence-corrected chi connectivity index (χ0v) is 26.5. The number of benzene rings is 1. The molecule has 1 aromatic carbocycles. The second kappa shape index (κ2) is 14.9. The van der Waals surface area contributed by atoms with Gasteiger partial charge in [-0.3, -0.25) is 9.18 Å². The number of unbranched alkanes of at least 4 members (excludes halogenated alkanes) is 1. The number of para-hydroxylation sites is 1. The largest absolute Gasteiger partial charge is 0.343 e. The highest BCUT2D eigenvalue weighted by molar-refractivity contribution is 6.29. The van der Waals surface area contributed by atoms with E-state index in [0.29, 0.717) is 36.9 Å². The molecule has 1 aliphatic rings. The first-order chi connectivity index (χ1) is 18.4. The molecule has 216 valence electrons. The number of hydrogen-bond donors (Lipinski definition) is 0. The molecule has 39 heavy (non-hydrogen) atoms. The van der Waals surface area contributed by atoms with Crippen molar-refractivity contribution in [3.8, 4) is 0 Å². The summed E-state index contributed by atoms with van der Waals surface area (Å²) >= 11 is 6.26. The van der Waals surface area contributed by atoms with E-state index in [2.05, 4.69) is 84.6 Å². The highest BCUT2D eigenvalue weighted by Gasteiger charge is 2.50. The van der Waals surface area contributed by atoms with Crippen molar-refractivity contribution in [2.45, 2.75) is 99.8 Å². The third-order valence-corrected chi connectivity index (χ3v) is 8.36. The van der Waals surface area contributed by atoms with Crippen LogP contribution >= 0.6 is 11.6 Å². The fourth-order valence-electron chi connectivity index (χ4n) is 5.47. The molecule has 0 bridgehead atoms. The van der Waals surface area contributed by atoms with Gasteiger partial charge in [0.15, 0.2) is 0 Å². The van der Waals surface area contributed by atoms with Crippen LogP contribution in [0.5, 0.6) is 0 Å². The Morgan fingerprint density at radius 1 is 1.05 bits per heavy atom. The van der Waals surface area contributed by atoms with Gasteiger partial charge in [0.25, 0.3) is 0 Å². The second-order valence-electron chi connectivity index (χ2n) is 11.5. The Morgan fingerprint density at radius 2 is 1.72 bits per heavy atom. The van der Waals surface area contributed by atoms with Crippen LogP contribution in [0.15, 0.2) is 69.6 Å². The lowest BCUT2D eigenvalue weighted by molar-refractivity contribution is -0.123. The van der Waals surface area contributed by atoms with Gasteiger partial charge >= 0.3 is 0 Å². The molecule has 0 fully saturated rings. The highest BCUT2D eigenvalue weighted by Crippen LogP contribution is 2.48. The third kappa shape index (κ3) is 7.66. The van der Waals surface area contributed by atoms with Crippen LogP contribution in [0.3, 0.4) is 0 Å². The molecule has 1 amide bonds. The van der Waals surface area contributed by atoms with Crippen LogP contribution < -0.4 is 4.90 Å². The average Bonchev–Trinajstić information content (AvgIpc) is 3.13. The second-order valence-corrected chi connectivity index (χ2v) is 12.1. The van der Waals surface area contributed by atoms with E-state index in [4.69, 9.17) is 11.6 Å². The van der Waals surface area contributed by atoms with Gasteiger partial charge in [0.05, 0.1) is 18.6 Å². The number of fused-ring (bicyclic) bond motifs is 1. The van der Waals surface area contributed by atoms with Gasteiger partial charge in [-0.15, -0.1) is 0 Å². The van der Waals surface area contributed by atoms with Crippen molar-refractivity contribution < 1.29 is 9.18 Å². The quantitative estimate of drug-likeness (QED) is 0.168. The van der Waals surface area contributed by atoms with E-state index in [1.165, 1.54) is 5.57 Å². The van der Waals surface area contributed by atoms with E-state index < -0.39 is 5.41 Å². The lowest BCUT2D eigenvalue weighted by Crippen LogP contribution is -2.43. The van der Waals surface area contributed by atoms with Crippen molar-refractivity contribution >= 4 is 23.2 Å². The molecule has 5 heteroatoms. The first-order valence-electron chi connectivity index (χ1n) is 14.5. The van der Waals surface area contributed by atoms with E-state index in [0.717, 1.165) is 53.1 Å². The van der Waals surface area contributed by atoms with E-state index in [1.807, 2.05) is 24.0 Å². The van der Waals surface area contributed by atoms with Gasteiger partial charge in [-0.25, -0.2) is 0 Å². The maximum Gasteiger partial charge on any atom is 0.238 e. The normalized spacial score (nSPS) is 18.2. The molecule has 0 N–H and O–H groups in total. The van der Waals surface area contributed by atoms with Crippen molar-refractivity contribution in [3.05, 3.63) is 75.1 Å². The predicted molar refractivity (Wildman–Crippen MR) is 167 cm³/mol. The maximum atomic E-state index is 14.4. The Bertz CT molecular complexity index is 1120. The van der Waals surface area contributed by atoms with E-state index >= 15 is 0 Å². The van der Waals surface area contributed by atoms with E-state index in [1.54, 1.807) is 0 Å². The van der Waals surface area contributed by atoms with Gasteiger partial charge in [0.2, 0.25) is 5.91 Å². The predicted octanol–water partition coefficient (Wildman–Crippen LogP) is 9.85. The van der Waals surface area contributed by atoms with Crippen LogP contribution in [0.25, 0.3) is 0 Å². The Hall–Kier alpha value is -2.33. The number of halogens is 2. The number of anilines is 1. The summed E-state index contributed by atoms with van der Waals surface area (Å²) in [5, 5.41) is 0.693. The minimum Gasteiger partial charge on any atom is -0.343 e. The summed E-state index contributed by atoms with van der Waals surface area (Å²) < 4.78 is 13.2. The summed E-state index contributed by atoms with van der Waals surface area (Å²) in [4.78, 5) is 18.7. The molecule has 3 nitrogen and oxygen atoms in total. The summed E-state index contributed by atoms with van der Waals surface area (Å²) in [6, 6.07) is 8.33. The highest BCUT2D eigenvalue weighted by atomic mass is 35.5. The number of carbonyl (C=O) groups excluding carboxylic acids is 1. The molecule has 0 aromatic heterocycles. The van der Waals surface area contributed by atoms with E-state index in [-0.39, 0.29) is 12.6 Å². The SMILES string of the molecule is CCC(C)CC1(CC)C(=O)N(CC(=C(C)C)N(CCCCF)/C(=C/C=C(\C)Cl)C(C)=C(C)C)c2ccccc21. The molecule has 0 saturated heterocycles. The molecule has 1 heterocycles. The van der Waals surface area contributed by atoms with Gasteiger partial charge in [-0.1, -0.05) is 68.1 Å². The van der Waals surface area contributed by atoms with Gasteiger partial charge in [0.1, 0.15) is 0 Å². The standard InChI is InChI=1S/C34H50ClFN2O/c1-10-26(7)22-34(11-2)29-16-12-13-17-31(29)38(33(34)39)23-32(25(5)6)37(21-15-14-20-36)30(19-18-27(8)35)28(9)24(3)4/h12-13,16-19,26H,10-11,14-15,20-23H2,1-9H3/b27-18+,30-19+. The van der Waals surface area contributed by atoms with Gasteiger partial charge in [-0.2, -0.15) is 0 Å². The van der Waals surface area contributed by atoms with Crippen LogP contribution in [0.1, 0.15) is 100.0 Å². The van der Waals surface area contributed by atoms with Gasteiger partial charge in [0, 0.05) is 28.7 Å². The number of amides is 1. The molecule has 0 spiro atoms. The van der Waals surface area contributed by atoms with Crippen molar-refractivity contribution in [2.24, 2.45) is 5.92 Å². The van der Waals surface area contributed by atoms with Crippen LogP contribution in [0, 0.1) is 5.92 Å². The number of alkyl halides is 1. The van der Waals surface area contributed by atoms with Gasteiger partial charge < -0.3 is 9.80 Å². The lowest BCUT2D eigenvalue weighted by Gasteiger charge is -2.35. The zero-order chi connectivity index (χ0) is 29.3. The number of allylic oxidation sites excluding steroid dienone is 6. The minimum absolute atomic E-state index is 0.190. The van der Waals surface area contributed by atoms with Gasteiger partial charge in [-0.05, 0) is 102 Å². The summed E-state index contributed by atoms with van der Waals surface area (Å²) in [6.07, 6.45) is 7.84. The van der Waals surface area contributed by atoms with Crippen molar-refractivity contribution in [1.82, 2.24) is 4.90 Å². The molecule has 2 atom stereocenters. The molecule has 2 unspecified atom stereocenters. The third-order valence-electron chi connectivity index (χ3n) is 8.23. The Balaban J connectivity index is 2.69. The number of carbonyl (C=O) groups is 1. The molecule has 0 radical (unpaired) electrons. The van der Waals surface area contributed by atoms with Crippen LogP contribution in [-0.4, -0.2) is 30.6 Å². The molecule has 0 saturated carbocycles.